The van der Waals surface area contributed by atoms with Gasteiger partial charge in [-0.2, -0.15) is 5.10 Å². The maximum atomic E-state index is 13.0. The van der Waals surface area contributed by atoms with Gasteiger partial charge in [0.1, 0.15) is 11.3 Å². The van der Waals surface area contributed by atoms with E-state index in [1.165, 1.54) is 0 Å². The van der Waals surface area contributed by atoms with Crippen molar-refractivity contribution in [2.45, 2.75) is 44.2 Å². The van der Waals surface area contributed by atoms with E-state index in [0.717, 1.165) is 59.1 Å². The number of amides is 1. The molecule has 5 rings (SSSR count). The number of nitrogens with one attached hydrogen (secondary N) is 1. The van der Waals surface area contributed by atoms with Crippen LogP contribution in [0, 0.1) is 0 Å². The predicted octanol–water partition coefficient (Wildman–Crippen LogP) is 3.60. The van der Waals surface area contributed by atoms with Crippen molar-refractivity contribution in [2.24, 2.45) is 14.1 Å². The molecule has 3 heterocycles. The van der Waals surface area contributed by atoms with Crippen LogP contribution >= 0.6 is 0 Å². The van der Waals surface area contributed by atoms with Crippen molar-refractivity contribution in [1.29, 1.82) is 0 Å². The second kappa shape index (κ2) is 8.83. The van der Waals surface area contributed by atoms with Crippen LogP contribution in [0.25, 0.3) is 22.3 Å². The first-order valence-electron chi connectivity index (χ1n) is 11.5. The van der Waals surface area contributed by atoms with Crippen molar-refractivity contribution in [1.82, 2.24) is 24.6 Å². The van der Waals surface area contributed by atoms with Crippen molar-refractivity contribution < 1.29 is 9.90 Å². The predicted molar refractivity (Wildman–Crippen MR) is 128 cm³/mol. The van der Waals surface area contributed by atoms with E-state index in [-0.39, 0.29) is 11.9 Å². The fourth-order valence-corrected chi connectivity index (χ4v) is 4.67. The molecule has 0 spiro atoms. The van der Waals surface area contributed by atoms with Gasteiger partial charge < -0.3 is 15.0 Å². The molecule has 0 unspecified atom stereocenters. The first kappa shape index (κ1) is 21.4. The lowest BCUT2D eigenvalue weighted by molar-refractivity contribution is 0.0714. The lowest BCUT2D eigenvalue weighted by Gasteiger charge is -2.28. The second-order valence-corrected chi connectivity index (χ2v) is 9.01. The van der Waals surface area contributed by atoms with Crippen molar-refractivity contribution >= 4 is 16.9 Å². The quantitative estimate of drug-likeness (QED) is 0.494. The number of rotatable bonds is 5. The Hall–Kier alpha value is -3.45. The smallest absolute Gasteiger partial charge is 0.270 e. The monoisotopic (exact) mass is 443 g/mol. The number of aliphatic hydroxyl groups excluding tert-OH is 1. The molecule has 2 atom stereocenters. The molecule has 4 aromatic rings. The topological polar surface area (TPSA) is 85.0 Å². The Morgan fingerprint density at radius 2 is 1.88 bits per heavy atom. The van der Waals surface area contributed by atoms with E-state index in [9.17, 15) is 9.90 Å². The summed E-state index contributed by atoms with van der Waals surface area (Å²) in [6.45, 7) is 0. The molecule has 0 radical (unpaired) electrons. The third-order valence-corrected chi connectivity index (χ3v) is 6.56. The van der Waals surface area contributed by atoms with Gasteiger partial charge >= 0.3 is 0 Å². The molecule has 1 amide bonds. The van der Waals surface area contributed by atoms with Crippen LogP contribution in [0.2, 0.25) is 0 Å². The van der Waals surface area contributed by atoms with Crippen molar-refractivity contribution in [3.63, 3.8) is 0 Å². The van der Waals surface area contributed by atoms with Crippen LogP contribution in [0.5, 0.6) is 0 Å². The number of carbonyl (C=O) groups excluding carboxylic acids is 1. The summed E-state index contributed by atoms with van der Waals surface area (Å²) in [5, 5.41) is 18.8. The Bertz CT molecular complexity index is 1290. The van der Waals surface area contributed by atoms with E-state index in [0.29, 0.717) is 12.1 Å². The van der Waals surface area contributed by atoms with E-state index < -0.39 is 6.10 Å². The fraction of sp³-hybridized carbons (Fsp3) is 0.346. The largest absolute Gasteiger partial charge is 0.391 e. The lowest BCUT2D eigenvalue weighted by Crippen LogP contribution is -2.45. The van der Waals surface area contributed by atoms with Gasteiger partial charge in [-0.3, -0.25) is 9.48 Å². The molecule has 0 saturated heterocycles. The maximum absolute atomic E-state index is 13.0. The first-order chi connectivity index (χ1) is 16.0. The molecule has 0 aliphatic heterocycles. The first-order valence-corrected chi connectivity index (χ1v) is 11.5. The zero-order valence-electron chi connectivity index (χ0n) is 19.0. The average Bonchev–Trinajstić information content (AvgIpc) is 3.42. The summed E-state index contributed by atoms with van der Waals surface area (Å²) in [7, 11) is 3.85. The molecule has 2 N–H and O–H groups in total. The molecule has 1 aromatic carbocycles. The van der Waals surface area contributed by atoms with Crippen LogP contribution < -0.4 is 5.32 Å². The SMILES string of the molecule is Cn1ccc(-c2ccc(Cc3cc(C(=O)N[C@H]4CCCC[C@@H]4O)nc4c3ccn4C)cc2)n1. The number of aliphatic hydroxyl groups is 1. The highest BCUT2D eigenvalue weighted by atomic mass is 16.3. The lowest BCUT2D eigenvalue weighted by atomic mass is 9.92. The van der Waals surface area contributed by atoms with Crippen molar-refractivity contribution in [3.05, 3.63) is 71.7 Å². The Morgan fingerprint density at radius 3 is 2.61 bits per heavy atom. The molecular weight excluding hydrogens is 414 g/mol. The molecule has 0 bridgehead atoms. The third-order valence-electron chi connectivity index (χ3n) is 6.56. The zero-order valence-corrected chi connectivity index (χ0v) is 19.0. The molecular formula is C26H29N5O2. The molecule has 33 heavy (non-hydrogen) atoms. The van der Waals surface area contributed by atoms with E-state index in [2.05, 4.69) is 39.7 Å². The summed E-state index contributed by atoms with van der Waals surface area (Å²) in [5.41, 5.74) is 5.40. The Morgan fingerprint density at radius 1 is 1.09 bits per heavy atom. The normalized spacial score (nSPS) is 18.5. The molecule has 3 aromatic heterocycles. The van der Waals surface area contributed by atoms with Gasteiger partial charge in [0.15, 0.2) is 0 Å². The van der Waals surface area contributed by atoms with Gasteiger partial charge in [0.2, 0.25) is 0 Å². The standard InChI is InChI=1S/C26H29N5O2/c1-30-13-11-20-19(15-17-7-9-18(10-8-17)21-12-14-31(2)29-21)16-23(27-25(20)30)26(33)28-22-5-3-4-6-24(22)32/h7-14,16,22,24,32H,3-6,15H2,1-2H3,(H,28,33)/t22-,24-/m0/s1. The number of benzene rings is 1. The molecule has 1 aliphatic carbocycles. The zero-order chi connectivity index (χ0) is 22.9. The number of aromatic nitrogens is 4. The van der Waals surface area contributed by atoms with E-state index in [1.807, 2.05) is 49.3 Å². The molecule has 170 valence electrons. The molecule has 7 nitrogen and oxygen atoms in total. The van der Waals surface area contributed by atoms with E-state index >= 15 is 0 Å². The average molecular weight is 444 g/mol. The molecule has 1 fully saturated rings. The minimum Gasteiger partial charge on any atom is -0.391 e. The minimum absolute atomic E-state index is 0.209. The molecule has 1 aliphatic rings. The van der Waals surface area contributed by atoms with Crippen molar-refractivity contribution in [3.8, 4) is 11.3 Å². The molecule has 1 saturated carbocycles. The number of carbonyl (C=O) groups is 1. The number of nitrogens with zero attached hydrogens (tertiary/aromatic N) is 4. The van der Waals surface area contributed by atoms with Gasteiger partial charge in [-0.1, -0.05) is 37.1 Å². The molecule has 7 heteroatoms. The summed E-state index contributed by atoms with van der Waals surface area (Å²) in [4.78, 5) is 17.7. The highest BCUT2D eigenvalue weighted by molar-refractivity contribution is 5.95. The number of pyridine rings is 1. The number of hydrogen-bond donors (Lipinski definition) is 2. The Kier molecular flexibility index (Phi) is 5.72. The van der Waals surface area contributed by atoms with Crippen molar-refractivity contribution in [2.75, 3.05) is 0 Å². The van der Waals surface area contributed by atoms with Gasteiger partial charge in [0, 0.05) is 37.4 Å². The van der Waals surface area contributed by atoms with Gasteiger partial charge in [-0.15, -0.1) is 0 Å². The van der Waals surface area contributed by atoms with E-state index in [4.69, 9.17) is 0 Å². The Labute approximate surface area is 193 Å². The minimum atomic E-state index is -0.487. The van der Waals surface area contributed by atoms with Gasteiger partial charge in [-0.25, -0.2) is 4.98 Å². The summed E-state index contributed by atoms with van der Waals surface area (Å²) >= 11 is 0. The summed E-state index contributed by atoms with van der Waals surface area (Å²) < 4.78 is 3.74. The van der Waals surface area contributed by atoms with Crippen LogP contribution in [0.4, 0.5) is 0 Å². The fourth-order valence-electron chi connectivity index (χ4n) is 4.67. The number of aryl methyl sites for hydroxylation is 2. The van der Waals surface area contributed by atoms with Crippen LogP contribution in [-0.4, -0.2) is 42.5 Å². The Balaban J connectivity index is 1.42. The number of hydrogen-bond acceptors (Lipinski definition) is 4. The highest BCUT2D eigenvalue weighted by Gasteiger charge is 2.26. The second-order valence-electron chi connectivity index (χ2n) is 9.01. The highest BCUT2D eigenvalue weighted by Crippen LogP contribution is 2.25. The van der Waals surface area contributed by atoms with Crippen LogP contribution in [-0.2, 0) is 20.5 Å². The summed E-state index contributed by atoms with van der Waals surface area (Å²) in [6, 6.07) is 14.1. The van der Waals surface area contributed by atoms with Crippen LogP contribution in [0.15, 0.2) is 54.9 Å². The summed E-state index contributed by atoms with van der Waals surface area (Å²) in [6.07, 6.45) is 7.67. The van der Waals surface area contributed by atoms with Gasteiger partial charge in [0.25, 0.3) is 5.91 Å². The van der Waals surface area contributed by atoms with E-state index in [1.54, 1.807) is 4.68 Å². The van der Waals surface area contributed by atoms with Gasteiger partial charge in [0.05, 0.1) is 17.8 Å². The van der Waals surface area contributed by atoms with Crippen LogP contribution in [0.3, 0.4) is 0 Å². The maximum Gasteiger partial charge on any atom is 0.270 e. The summed E-state index contributed by atoms with van der Waals surface area (Å²) in [5.74, 6) is -0.226. The van der Waals surface area contributed by atoms with Crippen LogP contribution in [0.1, 0.15) is 47.3 Å². The van der Waals surface area contributed by atoms with Gasteiger partial charge in [-0.05, 0) is 48.6 Å². The third kappa shape index (κ3) is 4.41. The number of fused-ring (bicyclic) bond motifs is 1.